The van der Waals surface area contributed by atoms with Crippen molar-refractivity contribution < 1.29 is 13.2 Å². The third-order valence-corrected chi connectivity index (χ3v) is 6.59. The molecule has 30 heavy (non-hydrogen) atoms. The number of nitrogens with one attached hydrogen (secondary N) is 1. The van der Waals surface area contributed by atoms with Crippen molar-refractivity contribution in [1.29, 1.82) is 0 Å². The lowest BCUT2D eigenvalue weighted by Crippen LogP contribution is -2.34. The highest BCUT2D eigenvalue weighted by molar-refractivity contribution is 7.92. The van der Waals surface area contributed by atoms with E-state index in [1.807, 2.05) is 31.3 Å². The normalized spacial score (nSPS) is 14.0. The van der Waals surface area contributed by atoms with E-state index in [1.165, 1.54) is 12.1 Å². The van der Waals surface area contributed by atoms with Crippen LogP contribution in [0.2, 0.25) is 0 Å². The number of nitrogens with zero attached hydrogens (tertiary/aromatic N) is 2. The van der Waals surface area contributed by atoms with Crippen molar-refractivity contribution in [3.63, 3.8) is 0 Å². The van der Waals surface area contributed by atoms with Crippen molar-refractivity contribution in [3.05, 3.63) is 90.0 Å². The van der Waals surface area contributed by atoms with E-state index in [0.29, 0.717) is 24.3 Å². The van der Waals surface area contributed by atoms with Crippen LogP contribution in [-0.4, -0.2) is 39.4 Å². The van der Waals surface area contributed by atoms with Gasteiger partial charge in [-0.15, -0.1) is 0 Å². The summed E-state index contributed by atoms with van der Waals surface area (Å²) in [4.78, 5) is 17.1. The molecule has 0 fully saturated rings. The van der Waals surface area contributed by atoms with E-state index in [2.05, 4.69) is 15.7 Å². The van der Waals surface area contributed by atoms with Gasteiger partial charge in [0.15, 0.2) is 0 Å². The number of amides is 1. The van der Waals surface area contributed by atoms with Gasteiger partial charge in [0.25, 0.3) is 15.9 Å². The fourth-order valence-electron chi connectivity index (χ4n) is 3.55. The molecule has 1 heterocycles. The molecule has 1 amide bonds. The molecule has 3 aromatic carbocycles. The van der Waals surface area contributed by atoms with Gasteiger partial charge in [-0.2, -0.15) is 0 Å². The van der Waals surface area contributed by atoms with Crippen molar-refractivity contribution in [2.75, 3.05) is 29.8 Å². The first-order valence-electron chi connectivity index (χ1n) is 9.70. The zero-order valence-electron chi connectivity index (χ0n) is 16.7. The Morgan fingerprint density at radius 1 is 0.867 bits per heavy atom. The highest BCUT2D eigenvalue weighted by Crippen LogP contribution is 2.25. The minimum absolute atomic E-state index is 0.111. The maximum absolute atomic E-state index is 13.1. The number of sulfonamides is 1. The summed E-state index contributed by atoms with van der Waals surface area (Å²) in [6.45, 7) is 1.85. The minimum atomic E-state index is -3.72. The van der Waals surface area contributed by atoms with Gasteiger partial charge in [0.1, 0.15) is 0 Å². The summed E-state index contributed by atoms with van der Waals surface area (Å²) >= 11 is 0. The Kier molecular flexibility index (Phi) is 5.46. The third-order valence-electron chi connectivity index (χ3n) is 5.19. The summed E-state index contributed by atoms with van der Waals surface area (Å²) < 4.78 is 27.7. The number of fused-ring (bicyclic) bond motifs is 1. The van der Waals surface area contributed by atoms with Crippen molar-refractivity contribution in [2.24, 2.45) is 0 Å². The van der Waals surface area contributed by atoms with Crippen LogP contribution in [0.4, 0.5) is 11.4 Å². The Labute approximate surface area is 176 Å². The molecule has 7 heteroatoms. The second-order valence-corrected chi connectivity index (χ2v) is 8.96. The van der Waals surface area contributed by atoms with Crippen LogP contribution in [0.3, 0.4) is 0 Å². The number of benzene rings is 3. The van der Waals surface area contributed by atoms with E-state index in [0.717, 1.165) is 17.8 Å². The van der Waals surface area contributed by atoms with Gasteiger partial charge in [-0.1, -0.05) is 36.4 Å². The van der Waals surface area contributed by atoms with E-state index in [9.17, 15) is 13.2 Å². The van der Waals surface area contributed by atoms with Gasteiger partial charge in [-0.25, -0.2) is 8.42 Å². The lowest BCUT2D eigenvalue weighted by Gasteiger charge is -2.21. The van der Waals surface area contributed by atoms with Gasteiger partial charge >= 0.3 is 0 Å². The average molecular weight is 422 g/mol. The van der Waals surface area contributed by atoms with Crippen LogP contribution in [-0.2, 0) is 16.6 Å². The Balaban J connectivity index is 1.52. The Hall–Kier alpha value is -3.32. The van der Waals surface area contributed by atoms with E-state index >= 15 is 0 Å². The van der Waals surface area contributed by atoms with Crippen molar-refractivity contribution in [1.82, 2.24) is 4.90 Å². The molecule has 0 atom stereocenters. The molecule has 1 N–H and O–H groups in total. The Bertz CT molecular complexity index is 1150. The smallest absolute Gasteiger partial charge is 0.261 e. The van der Waals surface area contributed by atoms with Crippen LogP contribution in [0, 0.1) is 0 Å². The highest BCUT2D eigenvalue weighted by Gasteiger charge is 2.23. The van der Waals surface area contributed by atoms with Gasteiger partial charge in [0.2, 0.25) is 0 Å². The van der Waals surface area contributed by atoms with E-state index in [-0.39, 0.29) is 10.8 Å². The molecule has 3 aromatic rings. The van der Waals surface area contributed by atoms with E-state index < -0.39 is 10.0 Å². The van der Waals surface area contributed by atoms with E-state index in [1.54, 1.807) is 41.3 Å². The monoisotopic (exact) mass is 421 g/mol. The molecule has 0 unspecified atom stereocenters. The lowest BCUT2D eigenvalue weighted by molar-refractivity contribution is 0.0751. The third kappa shape index (κ3) is 4.16. The summed E-state index contributed by atoms with van der Waals surface area (Å²) in [6, 6.07) is 22.8. The predicted molar refractivity (Wildman–Crippen MR) is 118 cm³/mol. The van der Waals surface area contributed by atoms with Crippen LogP contribution < -0.4 is 9.62 Å². The first-order chi connectivity index (χ1) is 14.4. The van der Waals surface area contributed by atoms with Gasteiger partial charge < -0.3 is 9.80 Å². The highest BCUT2D eigenvalue weighted by atomic mass is 32.2. The maximum atomic E-state index is 13.1. The topological polar surface area (TPSA) is 69.7 Å². The summed E-state index contributed by atoms with van der Waals surface area (Å²) in [6.07, 6.45) is 0. The number of anilines is 2. The molecule has 1 aliphatic heterocycles. The van der Waals surface area contributed by atoms with Crippen LogP contribution in [0.5, 0.6) is 0 Å². The molecule has 6 nitrogen and oxygen atoms in total. The fourth-order valence-corrected chi connectivity index (χ4v) is 4.60. The Morgan fingerprint density at radius 3 is 2.27 bits per heavy atom. The molecule has 4 rings (SSSR count). The fraction of sp³-hybridized carbons (Fsp3) is 0.174. The van der Waals surface area contributed by atoms with Gasteiger partial charge in [-0.05, 0) is 48.0 Å². The quantitative estimate of drug-likeness (QED) is 0.699. The molecule has 0 saturated carbocycles. The average Bonchev–Trinajstić information content (AvgIpc) is 2.93. The van der Waals surface area contributed by atoms with Gasteiger partial charge in [0, 0.05) is 43.6 Å². The lowest BCUT2D eigenvalue weighted by atomic mass is 10.1. The molecular formula is C23H23N3O3S. The zero-order chi connectivity index (χ0) is 21.1. The van der Waals surface area contributed by atoms with E-state index in [4.69, 9.17) is 0 Å². The van der Waals surface area contributed by atoms with Crippen molar-refractivity contribution in [3.8, 4) is 0 Å². The number of carbonyl (C=O) groups is 1. The molecule has 0 spiro atoms. The number of likely N-dealkylation sites (N-methyl/N-ethyl adjacent to an activating group) is 1. The SMILES string of the molecule is CN1CCN(C(=O)c2ccc(S(=O)(=O)Nc3ccccc3)cc2)Cc2ccccc21. The molecule has 0 bridgehead atoms. The molecule has 1 aliphatic rings. The number of hydrogen-bond acceptors (Lipinski definition) is 4. The second kappa shape index (κ2) is 8.20. The van der Waals surface area contributed by atoms with Crippen molar-refractivity contribution >= 4 is 27.3 Å². The first-order valence-corrected chi connectivity index (χ1v) is 11.2. The summed E-state index contributed by atoms with van der Waals surface area (Å²) in [5, 5.41) is 0. The number of carbonyl (C=O) groups excluding carboxylic acids is 1. The van der Waals surface area contributed by atoms with Crippen molar-refractivity contribution in [2.45, 2.75) is 11.4 Å². The second-order valence-electron chi connectivity index (χ2n) is 7.27. The van der Waals surface area contributed by atoms with Crippen LogP contribution in [0.1, 0.15) is 15.9 Å². The van der Waals surface area contributed by atoms with Crippen LogP contribution in [0.25, 0.3) is 0 Å². The molecule has 0 aromatic heterocycles. The summed E-state index contributed by atoms with van der Waals surface area (Å²) in [5.74, 6) is -0.111. The molecular weight excluding hydrogens is 398 g/mol. The number of hydrogen-bond donors (Lipinski definition) is 1. The first kappa shape index (κ1) is 20.0. The van der Waals surface area contributed by atoms with Gasteiger partial charge in [-0.3, -0.25) is 9.52 Å². The predicted octanol–water partition coefficient (Wildman–Crippen LogP) is 3.58. The number of para-hydroxylation sites is 2. The largest absolute Gasteiger partial charge is 0.373 e. The Morgan fingerprint density at radius 2 is 1.53 bits per heavy atom. The number of rotatable bonds is 4. The van der Waals surface area contributed by atoms with Crippen LogP contribution in [0.15, 0.2) is 83.8 Å². The van der Waals surface area contributed by atoms with Crippen LogP contribution >= 0.6 is 0 Å². The molecule has 0 saturated heterocycles. The summed E-state index contributed by atoms with van der Waals surface area (Å²) in [7, 11) is -1.70. The minimum Gasteiger partial charge on any atom is -0.373 e. The summed E-state index contributed by atoms with van der Waals surface area (Å²) in [5.41, 5.74) is 3.18. The maximum Gasteiger partial charge on any atom is 0.261 e. The standard InChI is InChI=1S/C23H23N3O3S/c1-25-15-16-26(17-19-7-5-6-10-22(19)25)23(27)18-11-13-21(14-12-18)30(28,29)24-20-8-3-2-4-9-20/h2-14,24H,15-17H2,1H3. The van der Waals surface area contributed by atoms with Gasteiger partial charge in [0.05, 0.1) is 4.90 Å². The molecule has 0 aliphatic carbocycles. The molecule has 0 radical (unpaired) electrons. The zero-order valence-corrected chi connectivity index (χ0v) is 17.5. The molecule has 154 valence electrons.